The third kappa shape index (κ3) is 5.21. The summed E-state index contributed by atoms with van der Waals surface area (Å²) in [7, 11) is 0. The summed E-state index contributed by atoms with van der Waals surface area (Å²) < 4.78 is 0. The maximum absolute atomic E-state index is 5.30. The monoisotopic (exact) mass is 762 g/mol. The Morgan fingerprint density at radius 1 is 0.550 bits per heavy atom. The van der Waals surface area contributed by atoms with Crippen molar-refractivity contribution in [1.82, 2.24) is 9.97 Å². The molecule has 1 aliphatic carbocycles. The van der Waals surface area contributed by atoms with Crippen molar-refractivity contribution in [2.24, 2.45) is 0 Å². The number of aryl methyl sites for hydroxylation is 1. The molecule has 2 heteroatoms. The van der Waals surface area contributed by atoms with Crippen molar-refractivity contribution < 1.29 is 0 Å². The summed E-state index contributed by atoms with van der Waals surface area (Å²) in [5, 5.41) is 12.4. The average Bonchev–Trinajstić information content (AvgIpc) is 3.70. The van der Waals surface area contributed by atoms with Gasteiger partial charge in [0.1, 0.15) is 0 Å². The molecule has 0 amide bonds. The molecule has 11 aromatic rings. The summed E-state index contributed by atoms with van der Waals surface area (Å²) >= 11 is 0. The second-order valence-corrected chi connectivity index (χ2v) is 16.1. The van der Waals surface area contributed by atoms with E-state index in [2.05, 4.69) is 183 Å². The molecule has 0 fully saturated rings. The van der Waals surface area contributed by atoms with E-state index in [4.69, 9.17) is 9.97 Å². The fourth-order valence-electron chi connectivity index (χ4n) is 10.1. The molecule has 2 heterocycles. The highest BCUT2D eigenvalue weighted by Crippen LogP contribution is 2.45. The highest BCUT2D eigenvalue weighted by atomic mass is 14.7. The second kappa shape index (κ2) is 13.4. The Balaban J connectivity index is 0.960. The Morgan fingerprint density at radius 2 is 1.23 bits per heavy atom. The van der Waals surface area contributed by atoms with E-state index >= 15 is 0 Å². The lowest BCUT2D eigenvalue weighted by molar-refractivity contribution is 1.28. The molecule has 1 aliphatic rings. The number of para-hydroxylation sites is 1. The quantitative estimate of drug-likeness (QED) is 0.129. The standard InChI is InChI=1S/C58H38N2/c1-3-11-43(42-26-23-37-13-10-31-59-57(37)35(42)2)41-25-28-49-48-27-24-39(32-52(48)45-15-6-7-16-46(45)53(49)33-41)36-19-21-38(22-20-36)58-51-30-29-47-44-14-5-4-12-40(44)34-54(47)56(51)50-17-8-9-18-55(50)60-58/h3-33H,1,34H2,2H3/b43-11-. The van der Waals surface area contributed by atoms with E-state index in [9.17, 15) is 0 Å². The van der Waals surface area contributed by atoms with E-state index < -0.39 is 0 Å². The van der Waals surface area contributed by atoms with Crippen LogP contribution >= 0.6 is 0 Å². The summed E-state index contributed by atoms with van der Waals surface area (Å²) in [6.07, 6.45) is 6.83. The van der Waals surface area contributed by atoms with Gasteiger partial charge in [0.05, 0.1) is 16.7 Å². The van der Waals surface area contributed by atoms with Gasteiger partial charge in [0.25, 0.3) is 0 Å². The van der Waals surface area contributed by atoms with Crippen LogP contribution in [0.1, 0.15) is 27.8 Å². The van der Waals surface area contributed by atoms with Gasteiger partial charge in [-0.15, -0.1) is 0 Å². The summed E-state index contributed by atoms with van der Waals surface area (Å²) in [6.45, 7) is 6.27. The van der Waals surface area contributed by atoms with Gasteiger partial charge >= 0.3 is 0 Å². The van der Waals surface area contributed by atoms with Crippen molar-refractivity contribution in [3.8, 4) is 33.5 Å². The Labute approximate surface area is 348 Å². The summed E-state index contributed by atoms with van der Waals surface area (Å²) in [5.74, 6) is 0. The van der Waals surface area contributed by atoms with Crippen LogP contribution in [-0.2, 0) is 6.42 Å². The molecule has 12 rings (SSSR count). The van der Waals surface area contributed by atoms with Gasteiger partial charge in [0.15, 0.2) is 0 Å². The predicted octanol–water partition coefficient (Wildman–Crippen LogP) is 15.2. The minimum Gasteiger partial charge on any atom is -0.256 e. The zero-order valence-electron chi connectivity index (χ0n) is 33.2. The number of allylic oxidation sites excluding steroid dienone is 2. The number of pyridine rings is 2. The van der Waals surface area contributed by atoms with Crippen LogP contribution in [0.25, 0.3) is 104 Å². The smallest absolute Gasteiger partial charge is 0.0788 e. The van der Waals surface area contributed by atoms with Gasteiger partial charge in [-0.05, 0) is 131 Å². The van der Waals surface area contributed by atoms with Crippen LogP contribution in [0.15, 0.2) is 195 Å². The van der Waals surface area contributed by atoms with Gasteiger partial charge in [0.2, 0.25) is 0 Å². The Hall–Kier alpha value is -7.68. The van der Waals surface area contributed by atoms with Crippen LogP contribution in [0.3, 0.4) is 0 Å². The molecule has 9 aromatic carbocycles. The van der Waals surface area contributed by atoms with Crippen LogP contribution < -0.4 is 0 Å². The molecule has 0 aliphatic heterocycles. The highest BCUT2D eigenvalue weighted by Gasteiger charge is 2.23. The minimum atomic E-state index is 0.943. The molecule has 0 saturated carbocycles. The second-order valence-electron chi connectivity index (χ2n) is 16.1. The van der Waals surface area contributed by atoms with Crippen LogP contribution in [0, 0.1) is 6.92 Å². The Bertz CT molecular complexity index is 3630. The number of rotatable bonds is 5. The fourth-order valence-corrected chi connectivity index (χ4v) is 10.1. The molecule has 0 radical (unpaired) electrons. The van der Waals surface area contributed by atoms with Crippen molar-refractivity contribution in [3.63, 3.8) is 0 Å². The van der Waals surface area contributed by atoms with E-state index in [0.29, 0.717) is 0 Å². The molecular formula is C58H38N2. The van der Waals surface area contributed by atoms with Crippen molar-refractivity contribution in [3.05, 3.63) is 223 Å². The van der Waals surface area contributed by atoms with E-state index in [0.717, 1.165) is 45.2 Å². The number of hydrogen-bond acceptors (Lipinski definition) is 2. The van der Waals surface area contributed by atoms with Crippen LogP contribution in [-0.4, -0.2) is 9.97 Å². The molecule has 280 valence electrons. The molecule has 0 saturated heterocycles. The number of nitrogens with zero attached hydrogens (tertiary/aromatic N) is 2. The molecule has 2 nitrogen and oxygen atoms in total. The van der Waals surface area contributed by atoms with E-state index in [1.807, 2.05) is 18.3 Å². The van der Waals surface area contributed by atoms with E-state index in [-0.39, 0.29) is 0 Å². The van der Waals surface area contributed by atoms with Crippen LogP contribution in [0.4, 0.5) is 0 Å². The molecule has 0 N–H and O–H groups in total. The van der Waals surface area contributed by atoms with Gasteiger partial charge < -0.3 is 0 Å². The average molecular weight is 763 g/mol. The zero-order valence-corrected chi connectivity index (χ0v) is 33.2. The first-order valence-electron chi connectivity index (χ1n) is 20.7. The van der Waals surface area contributed by atoms with Gasteiger partial charge in [-0.3, -0.25) is 4.98 Å². The predicted molar refractivity (Wildman–Crippen MR) is 255 cm³/mol. The van der Waals surface area contributed by atoms with Gasteiger partial charge in [-0.25, -0.2) is 4.98 Å². The number of hydrogen-bond donors (Lipinski definition) is 0. The highest BCUT2D eigenvalue weighted by molar-refractivity contribution is 6.26. The normalized spacial score (nSPS) is 12.5. The fraction of sp³-hybridized carbons (Fsp3) is 0.0345. The summed E-state index contributed by atoms with van der Waals surface area (Å²) in [6, 6.07) is 62.3. The van der Waals surface area contributed by atoms with E-state index in [1.165, 1.54) is 93.0 Å². The Morgan fingerprint density at radius 3 is 2.07 bits per heavy atom. The Kier molecular flexibility index (Phi) is 7.70. The molecule has 2 aromatic heterocycles. The molecule has 0 unspecified atom stereocenters. The lowest BCUT2D eigenvalue weighted by atomic mass is 9.88. The molecule has 0 atom stereocenters. The van der Waals surface area contributed by atoms with Crippen LogP contribution in [0.5, 0.6) is 0 Å². The number of fused-ring (bicyclic) bond motifs is 14. The molecule has 0 bridgehead atoms. The topological polar surface area (TPSA) is 25.8 Å². The van der Waals surface area contributed by atoms with Crippen molar-refractivity contribution >= 4 is 70.5 Å². The number of aromatic nitrogens is 2. The number of benzene rings is 9. The zero-order chi connectivity index (χ0) is 39.9. The van der Waals surface area contributed by atoms with Crippen molar-refractivity contribution in [1.29, 1.82) is 0 Å². The van der Waals surface area contributed by atoms with Gasteiger partial charge in [-0.1, -0.05) is 164 Å². The lowest BCUT2D eigenvalue weighted by Gasteiger charge is -2.16. The first-order chi connectivity index (χ1) is 29.6. The molecular weight excluding hydrogens is 725 g/mol. The van der Waals surface area contributed by atoms with E-state index in [1.54, 1.807) is 0 Å². The third-order valence-electron chi connectivity index (χ3n) is 12.9. The largest absolute Gasteiger partial charge is 0.256 e. The third-order valence-corrected chi connectivity index (χ3v) is 12.9. The van der Waals surface area contributed by atoms with Gasteiger partial charge in [-0.2, -0.15) is 0 Å². The SMILES string of the molecule is C=C/C=C(/c1ccc2c3ccc(-c4ccc(-c5nc6ccccc6c6c7c(ccc56)-c5ccccc5C7)cc4)cc3c3ccccc3c2c1)c1ccc2cccnc2c1C. The first-order valence-corrected chi connectivity index (χ1v) is 20.7. The van der Waals surface area contributed by atoms with Crippen molar-refractivity contribution in [2.45, 2.75) is 13.3 Å². The summed E-state index contributed by atoms with van der Waals surface area (Å²) in [4.78, 5) is 10.0. The van der Waals surface area contributed by atoms with Crippen molar-refractivity contribution in [2.75, 3.05) is 0 Å². The molecule has 60 heavy (non-hydrogen) atoms. The van der Waals surface area contributed by atoms with Crippen LogP contribution in [0.2, 0.25) is 0 Å². The first kappa shape index (κ1) is 34.4. The maximum Gasteiger partial charge on any atom is 0.0788 e. The minimum absolute atomic E-state index is 0.943. The lowest BCUT2D eigenvalue weighted by Crippen LogP contribution is -1.95. The summed E-state index contributed by atoms with van der Waals surface area (Å²) in [5.41, 5.74) is 16.7. The maximum atomic E-state index is 5.30. The van der Waals surface area contributed by atoms with Gasteiger partial charge in [0, 0.05) is 27.9 Å². The molecule has 0 spiro atoms.